The Bertz CT molecular complexity index is 705. The Hall–Kier alpha value is -0.950. The van der Waals surface area contributed by atoms with Gasteiger partial charge in [-0.15, -0.1) is 0 Å². The first-order chi connectivity index (χ1) is 9.39. The lowest BCUT2D eigenvalue weighted by molar-refractivity contribution is 0.466. The molecule has 0 radical (unpaired) electrons. The van der Waals surface area contributed by atoms with E-state index in [9.17, 15) is 8.42 Å². The molecule has 1 aromatic carbocycles. The Kier molecular flexibility index (Phi) is 4.80. The van der Waals surface area contributed by atoms with Gasteiger partial charge in [-0.3, -0.25) is 4.98 Å². The molecule has 0 amide bonds. The molecule has 0 aliphatic rings. The molecule has 0 fully saturated rings. The van der Waals surface area contributed by atoms with Gasteiger partial charge in [0.05, 0.1) is 0 Å². The molecule has 0 saturated heterocycles. The van der Waals surface area contributed by atoms with Crippen LogP contribution >= 0.6 is 27.5 Å². The van der Waals surface area contributed by atoms with E-state index in [1.54, 1.807) is 24.3 Å². The van der Waals surface area contributed by atoms with Crippen LogP contribution in [0.1, 0.15) is 5.56 Å². The smallest absolute Gasteiger partial charge is 0.244 e. The molecule has 0 aliphatic heterocycles. The number of halogens is 2. The molecule has 0 spiro atoms. The molecule has 0 atom stereocenters. The van der Waals surface area contributed by atoms with E-state index in [1.165, 1.54) is 29.8 Å². The molecule has 0 bridgehead atoms. The van der Waals surface area contributed by atoms with Gasteiger partial charge in [0.2, 0.25) is 10.0 Å². The van der Waals surface area contributed by atoms with Crippen molar-refractivity contribution in [2.45, 2.75) is 11.4 Å². The van der Waals surface area contributed by atoms with Crippen LogP contribution in [0.25, 0.3) is 0 Å². The Morgan fingerprint density at radius 3 is 2.50 bits per heavy atom. The van der Waals surface area contributed by atoms with E-state index in [4.69, 9.17) is 11.6 Å². The van der Waals surface area contributed by atoms with E-state index in [2.05, 4.69) is 20.9 Å². The van der Waals surface area contributed by atoms with Crippen molar-refractivity contribution < 1.29 is 8.42 Å². The zero-order chi connectivity index (χ0) is 14.8. The summed E-state index contributed by atoms with van der Waals surface area (Å²) in [5.41, 5.74) is 0.864. The number of hydrogen-bond acceptors (Lipinski definition) is 3. The Labute approximate surface area is 131 Å². The first-order valence-corrected chi connectivity index (χ1v) is 8.32. The summed E-state index contributed by atoms with van der Waals surface area (Å²) >= 11 is 9.02. The van der Waals surface area contributed by atoms with Gasteiger partial charge in [-0.25, -0.2) is 8.42 Å². The average Bonchev–Trinajstić information content (AvgIpc) is 2.41. The van der Waals surface area contributed by atoms with Gasteiger partial charge in [-0.1, -0.05) is 23.7 Å². The molecule has 7 heteroatoms. The predicted octanol–water partition coefficient (Wildman–Crippen LogP) is 3.32. The third kappa shape index (κ3) is 3.58. The van der Waals surface area contributed by atoms with Crippen LogP contribution in [0.4, 0.5) is 0 Å². The van der Waals surface area contributed by atoms with Crippen LogP contribution in [0.5, 0.6) is 0 Å². The van der Waals surface area contributed by atoms with E-state index in [0.717, 1.165) is 5.56 Å². The lowest BCUT2D eigenvalue weighted by Crippen LogP contribution is -2.26. The number of hydrogen-bond donors (Lipinski definition) is 0. The molecule has 4 nitrogen and oxygen atoms in total. The minimum atomic E-state index is -3.56. The summed E-state index contributed by atoms with van der Waals surface area (Å²) < 4.78 is 26.7. The zero-order valence-corrected chi connectivity index (χ0v) is 13.8. The fourth-order valence-electron chi connectivity index (χ4n) is 1.65. The summed E-state index contributed by atoms with van der Waals surface area (Å²) in [6.07, 6.45) is 2.87. The lowest BCUT2D eigenvalue weighted by Gasteiger charge is -2.17. The topological polar surface area (TPSA) is 50.3 Å². The van der Waals surface area contributed by atoms with E-state index < -0.39 is 10.0 Å². The van der Waals surface area contributed by atoms with Gasteiger partial charge < -0.3 is 0 Å². The molecule has 0 N–H and O–H groups in total. The van der Waals surface area contributed by atoms with E-state index in [0.29, 0.717) is 9.50 Å². The highest BCUT2D eigenvalue weighted by molar-refractivity contribution is 9.10. The molecule has 2 aromatic rings. The number of benzene rings is 1. The Balaban J connectivity index is 2.23. The second-order valence-electron chi connectivity index (χ2n) is 4.23. The highest BCUT2D eigenvalue weighted by atomic mass is 79.9. The van der Waals surface area contributed by atoms with Crippen LogP contribution in [0.15, 0.2) is 52.1 Å². The maximum Gasteiger partial charge on any atom is 0.244 e. The average molecular weight is 376 g/mol. The van der Waals surface area contributed by atoms with Crippen molar-refractivity contribution in [1.82, 2.24) is 9.29 Å². The number of rotatable bonds is 4. The quantitative estimate of drug-likeness (QED) is 0.823. The molecular formula is C13H12BrClN2O2S. The fourth-order valence-corrected chi connectivity index (χ4v) is 3.44. The summed E-state index contributed by atoms with van der Waals surface area (Å²) in [4.78, 5) is 4.04. The van der Waals surface area contributed by atoms with Crippen LogP contribution in [-0.2, 0) is 16.6 Å². The second-order valence-corrected chi connectivity index (χ2v) is 7.62. The SMILES string of the molecule is CN(Cc1ccc(Cl)cc1)S(=O)(=O)c1cncc(Br)c1. The molecule has 0 unspecified atom stereocenters. The fraction of sp³-hybridized carbons (Fsp3) is 0.154. The summed E-state index contributed by atoms with van der Waals surface area (Å²) in [5, 5.41) is 0.621. The van der Waals surface area contributed by atoms with Crippen molar-refractivity contribution in [2.75, 3.05) is 7.05 Å². The summed E-state index contributed by atoms with van der Waals surface area (Å²) in [7, 11) is -2.03. The monoisotopic (exact) mass is 374 g/mol. The predicted molar refractivity (Wildman–Crippen MR) is 82.0 cm³/mol. The van der Waals surface area contributed by atoms with Gasteiger partial charge in [-0.2, -0.15) is 4.31 Å². The molecule has 2 rings (SSSR count). The molecule has 0 aliphatic carbocycles. The van der Waals surface area contributed by atoms with E-state index >= 15 is 0 Å². The highest BCUT2D eigenvalue weighted by Gasteiger charge is 2.21. The van der Waals surface area contributed by atoms with Crippen LogP contribution in [0.2, 0.25) is 5.02 Å². The van der Waals surface area contributed by atoms with Gasteiger partial charge in [0, 0.05) is 35.5 Å². The van der Waals surface area contributed by atoms with Crippen LogP contribution in [0.3, 0.4) is 0 Å². The normalized spacial score (nSPS) is 11.8. The molecular weight excluding hydrogens is 364 g/mol. The Morgan fingerprint density at radius 2 is 1.90 bits per heavy atom. The summed E-state index contributed by atoms with van der Waals surface area (Å²) in [5.74, 6) is 0. The van der Waals surface area contributed by atoms with Crippen LogP contribution < -0.4 is 0 Å². The number of pyridine rings is 1. The molecule has 20 heavy (non-hydrogen) atoms. The van der Waals surface area contributed by atoms with Crippen LogP contribution in [-0.4, -0.2) is 24.8 Å². The van der Waals surface area contributed by atoms with Gasteiger partial charge in [0.1, 0.15) is 4.90 Å². The van der Waals surface area contributed by atoms with E-state index in [-0.39, 0.29) is 11.4 Å². The molecule has 0 saturated carbocycles. The van der Waals surface area contributed by atoms with Crippen molar-refractivity contribution in [1.29, 1.82) is 0 Å². The maximum absolute atomic E-state index is 12.4. The summed E-state index contributed by atoms with van der Waals surface area (Å²) in [6.45, 7) is 0.270. The van der Waals surface area contributed by atoms with Gasteiger partial charge in [-0.05, 0) is 39.7 Å². The highest BCUT2D eigenvalue weighted by Crippen LogP contribution is 2.19. The zero-order valence-electron chi connectivity index (χ0n) is 10.6. The molecule has 1 aromatic heterocycles. The standard InChI is InChI=1S/C13H12BrClN2O2S/c1-17(9-10-2-4-12(15)5-3-10)20(18,19)13-6-11(14)7-16-8-13/h2-8H,9H2,1H3. The third-order valence-electron chi connectivity index (χ3n) is 2.71. The third-order valence-corrected chi connectivity index (χ3v) is 5.16. The van der Waals surface area contributed by atoms with Gasteiger partial charge >= 0.3 is 0 Å². The maximum atomic E-state index is 12.4. The number of aromatic nitrogens is 1. The second kappa shape index (κ2) is 6.22. The number of sulfonamides is 1. The first kappa shape index (κ1) is 15.4. The van der Waals surface area contributed by atoms with Crippen molar-refractivity contribution in [3.8, 4) is 0 Å². The first-order valence-electron chi connectivity index (χ1n) is 5.71. The largest absolute Gasteiger partial charge is 0.262 e. The van der Waals surface area contributed by atoms with Gasteiger partial charge in [0.25, 0.3) is 0 Å². The lowest BCUT2D eigenvalue weighted by atomic mass is 10.2. The van der Waals surface area contributed by atoms with Crippen molar-refractivity contribution in [3.63, 3.8) is 0 Å². The van der Waals surface area contributed by atoms with Crippen molar-refractivity contribution in [2.24, 2.45) is 0 Å². The summed E-state index contributed by atoms with van der Waals surface area (Å²) in [6, 6.07) is 8.59. The number of nitrogens with zero attached hydrogens (tertiary/aromatic N) is 2. The van der Waals surface area contributed by atoms with Crippen LogP contribution in [0, 0.1) is 0 Å². The molecule has 106 valence electrons. The van der Waals surface area contributed by atoms with E-state index in [1.807, 2.05) is 0 Å². The van der Waals surface area contributed by atoms with Gasteiger partial charge in [0.15, 0.2) is 0 Å². The van der Waals surface area contributed by atoms with Crippen molar-refractivity contribution >= 4 is 37.6 Å². The minimum Gasteiger partial charge on any atom is -0.262 e. The van der Waals surface area contributed by atoms with Crippen molar-refractivity contribution in [3.05, 3.63) is 57.8 Å². The molecule has 1 heterocycles. The Morgan fingerprint density at radius 1 is 1.25 bits per heavy atom. The minimum absolute atomic E-state index is 0.156.